The van der Waals surface area contributed by atoms with Crippen LogP contribution in [0.15, 0.2) is 29.5 Å². The van der Waals surface area contributed by atoms with Gasteiger partial charge in [0.05, 0.1) is 17.4 Å². The highest BCUT2D eigenvalue weighted by Crippen LogP contribution is 2.19. The van der Waals surface area contributed by atoms with Crippen molar-refractivity contribution >= 4 is 17.3 Å². The number of hydrogen-bond donors (Lipinski definition) is 0. The molecule has 0 unspecified atom stereocenters. The second kappa shape index (κ2) is 3.67. The number of fused-ring (bicyclic) bond motifs is 1. The molecule has 0 aromatic carbocycles. The maximum Gasteiger partial charge on any atom is 0.240 e. The van der Waals surface area contributed by atoms with Crippen molar-refractivity contribution in [3.05, 3.63) is 30.4 Å². The van der Waals surface area contributed by atoms with Gasteiger partial charge in [0.25, 0.3) is 0 Å². The summed E-state index contributed by atoms with van der Waals surface area (Å²) < 4.78 is 1.95. The van der Waals surface area contributed by atoms with Gasteiger partial charge in [-0.3, -0.25) is 0 Å². The Balaban J connectivity index is 2.66. The lowest BCUT2D eigenvalue weighted by Gasteiger charge is -2.04. The van der Waals surface area contributed by atoms with E-state index in [4.69, 9.17) is 0 Å². The number of isocyanates is 1. The molecular formula is C11H11N3O. The van der Waals surface area contributed by atoms with E-state index in [1.807, 2.05) is 16.7 Å². The fraction of sp³-hybridized carbons (Fsp3) is 0.273. The number of carbonyl (C=O) groups excluding carboxylic acids is 1. The zero-order valence-corrected chi connectivity index (χ0v) is 8.64. The van der Waals surface area contributed by atoms with Gasteiger partial charge in [0.2, 0.25) is 6.08 Å². The minimum atomic E-state index is 0.336. The molecule has 2 aromatic rings. The Bertz CT molecular complexity index is 536. The lowest BCUT2D eigenvalue weighted by Crippen LogP contribution is -1.96. The Morgan fingerprint density at radius 2 is 2.27 bits per heavy atom. The van der Waals surface area contributed by atoms with Crippen molar-refractivity contribution in [1.29, 1.82) is 0 Å². The van der Waals surface area contributed by atoms with Crippen molar-refractivity contribution in [2.45, 2.75) is 19.8 Å². The molecule has 0 bridgehead atoms. The molecule has 0 fully saturated rings. The van der Waals surface area contributed by atoms with Gasteiger partial charge < -0.3 is 4.40 Å². The number of aliphatic imine (C=N–C) groups is 1. The lowest BCUT2D eigenvalue weighted by atomic mass is 10.2. The van der Waals surface area contributed by atoms with Crippen molar-refractivity contribution < 1.29 is 4.79 Å². The Labute approximate surface area is 87.3 Å². The number of nitrogens with zero attached hydrogens (tertiary/aromatic N) is 3. The summed E-state index contributed by atoms with van der Waals surface area (Å²) in [7, 11) is 0. The standard InChI is InChI=1S/C11H11N3O/c1-8(2)11-12-5-10-4-3-9(13-7-15)6-14(10)11/h3-6,8H,1-2H3. The number of rotatable bonds is 2. The number of imidazole rings is 1. The third-order valence-electron chi connectivity index (χ3n) is 2.23. The van der Waals surface area contributed by atoms with Crippen LogP contribution < -0.4 is 0 Å². The van der Waals surface area contributed by atoms with Crippen LogP contribution in [0.4, 0.5) is 5.69 Å². The number of pyridine rings is 1. The Hall–Kier alpha value is -1.93. The van der Waals surface area contributed by atoms with E-state index in [1.54, 1.807) is 12.3 Å². The molecule has 0 N–H and O–H groups in total. The second-order valence-corrected chi connectivity index (χ2v) is 3.66. The maximum absolute atomic E-state index is 10.2. The molecule has 2 heterocycles. The first kappa shape index (κ1) is 9.62. The van der Waals surface area contributed by atoms with Crippen molar-refractivity contribution in [2.24, 2.45) is 4.99 Å². The Morgan fingerprint density at radius 3 is 2.93 bits per heavy atom. The molecule has 0 aliphatic heterocycles. The second-order valence-electron chi connectivity index (χ2n) is 3.66. The van der Waals surface area contributed by atoms with E-state index < -0.39 is 0 Å². The van der Waals surface area contributed by atoms with E-state index in [0.717, 1.165) is 11.3 Å². The topological polar surface area (TPSA) is 46.7 Å². The molecule has 0 aliphatic rings. The molecule has 4 heteroatoms. The smallest absolute Gasteiger partial charge is 0.240 e. The third kappa shape index (κ3) is 1.67. The van der Waals surface area contributed by atoms with E-state index >= 15 is 0 Å². The van der Waals surface area contributed by atoms with Gasteiger partial charge in [-0.25, -0.2) is 9.78 Å². The van der Waals surface area contributed by atoms with Crippen LogP contribution in [-0.4, -0.2) is 15.5 Å². The zero-order chi connectivity index (χ0) is 10.8. The molecule has 0 saturated carbocycles. The molecular weight excluding hydrogens is 190 g/mol. The molecule has 2 aromatic heterocycles. The fourth-order valence-electron chi connectivity index (χ4n) is 1.55. The van der Waals surface area contributed by atoms with Gasteiger partial charge in [-0.15, -0.1) is 0 Å². The third-order valence-corrected chi connectivity index (χ3v) is 2.23. The fourth-order valence-corrected chi connectivity index (χ4v) is 1.55. The first-order chi connectivity index (χ1) is 7.22. The Morgan fingerprint density at radius 1 is 1.47 bits per heavy atom. The summed E-state index contributed by atoms with van der Waals surface area (Å²) in [5, 5.41) is 0. The molecule has 15 heavy (non-hydrogen) atoms. The van der Waals surface area contributed by atoms with Gasteiger partial charge in [-0.1, -0.05) is 13.8 Å². The first-order valence-corrected chi connectivity index (χ1v) is 4.77. The highest BCUT2D eigenvalue weighted by molar-refractivity contribution is 5.55. The average Bonchev–Trinajstić information content (AvgIpc) is 2.61. The van der Waals surface area contributed by atoms with Crippen LogP contribution in [0, 0.1) is 0 Å². The molecule has 0 saturated heterocycles. The van der Waals surface area contributed by atoms with Crippen LogP contribution in [0.1, 0.15) is 25.6 Å². The maximum atomic E-state index is 10.2. The van der Waals surface area contributed by atoms with Crippen molar-refractivity contribution in [2.75, 3.05) is 0 Å². The average molecular weight is 201 g/mol. The summed E-state index contributed by atoms with van der Waals surface area (Å²) >= 11 is 0. The summed E-state index contributed by atoms with van der Waals surface area (Å²) in [5.41, 5.74) is 1.60. The zero-order valence-electron chi connectivity index (χ0n) is 8.64. The summed E-state index contributed by atoms with van der Waals surface area (Å²) in [5.74, 6) is 1.30. The largest absolute Gasteiger partial charge is 0.301 e. The molecule has 76 valence electrons. The van der Waals surface area contributed by atoms with Crippen LogP contribution in [0.3, 0.4) is 0 Å². The first-order valence-electron chi connectivity index (χ1n) is 4.77. The van der Waals surface area contributed by atoms with Crippen molar-refractivity contribution in [3.8, 4) is 0 Å². The highest BCUT2D eigenvalue weighted by atomic mass is 16.1. The molecule has 2 rings (SSSR count). The minimum Gasteiger partial charge on any atom is -0.301 e. The molecule has 0 aliphatic carbocycles. The number of aromatic nitrogens is 2. The van der Waals surface area contributed by atoms with Crippen LogP contribution >= 0.6 is 0 Å². The molecule has 4 nitrogen and oxygen atoms in total. The van der Waals surface area contributed by atoms with Gasteiger partial charge in [-0.05, 0) is 12.1 Å². The monoisotopic (exact) mass is 201 g/mol. The van der Waals surface area contributed by atoms with E-state index in [2.05, 4.69) is 23.8 Å². The van der Waals surface area contributed by atoms with Gasteiger partial charge >= 0.3 is 0 Å². The lowest BCUT2D eigenvalue weighted by molar-refractivity contribution is 0.565. The van der Waals surface area contributed by atoms with Crippen molar-refractivity contribution in [3.63, 3.8) is 0 Å². The normalized spacial score (nSPS) is 10.6. The van der Waals surface area contributed by atoms with E-state index in [9.17, 15) is 4.79 Å². The van der Waals surface area contributed by atoms with E-state index in [1.165, 1.54) is 6.08 Å². The SMILES string of the molecule is CC(C)c1ncc2ccc(N=C=O)cn12. The summed E-state index contributed by atoms with van der Waals surface area (Å²) in [4.78, 5) is 18.1. The van der Waals surface area contributed by atoms with Crippen LogP contribution in [-0.2, 0) is 4.79 Å². The van der Waals surface area contributed by atoms with Gasteiger partial charge in [0, 0.05) is 12.1 Å². The van der Waals surface area contributed by atoms with Crippen LogP contribution in [0.25, 0.3) is 5.52 Å². The van der Waals surface area contributed by atoms with E-state index in [0.29, 0.717) is 11.6 Å². The highest BCUT2D eigenvalue weighted by Gasteiger charge is 2.07. The molecule has 0 amide bonds. The predicted molar refractivity (Wildman–Crippen MR) is 57.1 cm³/mol. The van der Waals surface area contributed by atoms with Gasteiger partial charge in [0.15, 0.2) is 0 Å². The summed E-state index contributed by atoms with van der Waals surface area (Å²) in [6.07, 6.45) is 5.13. The van der Waals surface area contributed by atoms with Gasteiger partial charge in [0.1, 0.15) is 5.82 Å². The van der Waals surface area contributed by atoms with Crippen LogP contribution in [0.5, 0.6) is 0 Å². The summed E-state index contributed by atoms with van der Waals surface area (Å²) in [6.45, 7) is 4.15. The molecule has 0 atom stereocenters. The molecule has 0 spiro atoms. The van der Waals surface area contributed by atoms with Gasteiger partial charge in [-0.2, -0.15) is 4.99 Å². The summed E-state index contributed by atoms with van der Waals surface area (Å²) in [6, 6.07) is 3.65. The van der Waals surface area contributed by atoms with E-state index in [-0.39, 0.29) is 0 Å². The minimum absolute atomic E-state index is 0.336. The predicted octanol–water partition coefficient (Wildman–Crippen LogP) is 2.43. The Kier molecular flexibility index (Phi) is 2.35. The quantitative estimate of drug-likeness (QED) is 0.553. The molecule has 0 radical (unpaired) electrons. The number of hydrogen-bond acceptors (Lipinski definition) is 3. The van der Waals surface area contributed by atoms with Crippen molar-refractivity contribution in [1.82, 2.24) is 9.38 Å². The van der Waals surface area contributed by atoms with Crippen LogP contribution in [0.2, 0.25) is 0 Å².